The summed E-state index contributed by atoms with van der Waals surface area (Å²) >= 11 is 0. The number of aliphatic carboxylic acids is 1. The molecule has 110 valence electrons. The molecule has 1 unspecified atom stereocenters. The van der Waals surface area contributed by atoms with Gasteiger partial charge in [-0.05, 0) is 17.7 Å². The summed E-state index contributed by atoms with van der Waals surface area (Å²) in [5.74, 6) is -0.0506. The molecule has 0 aliphatic rings. The second-order valence-corrected chi connectivity index (χ2v) is 3.53. The summed E-state index contributed by atoms with van der Waals surface area (Å²) < 4.78 is 10.2. The van der Waals surface area contributed by atoms with Gasteiger partial charge in [0.2, 0.25) is 0 Å². The topological polar surface area (TPSA) is 84.9 Å². The Labute approximate surface area is 105 Å². The van der Waals surface area contributed by atoms with Crippen LogP contribution in [0, 0.1) is 0 Å². The van der Waals surface area contributed by atoms with Crippen LogP contribution < -0.4 is 14.8 Å². The van der Waals surface area contributed by atoms with E-state index in [0.29, 0.717) is 17.1 Å². The van der Waals surface area contributed by atoms with Crippen molar-refractivity contribution in [2.75, 3.05) is 14.2 Å². The molecular formula is C12H14FmNO5-. The van der Waals surface area contributed by atoms with Crippen molar-refractivity contribution in [1.82, 2.24) is 5.32 Å². The van der Waals surface area contributed by atoms with Crippen LogP contribution in [0.25, 0.3) is 0 Å². The minimum Gasteiger partial charge on any atom is -0.520 e. The van der Waals surface area contributed by atoms with Crippen molar-refractivity contribution in [2.45, 2.75) is 12.5 Å². The van der Waals surface area contributed by atoms with E-state index in [1.165, 1.54) is 20.6 Å². The molecule has 0 radical (unpaired) electrons. The van der Waals surface area contributed by atoms with E-state index in [2.05, 4.69) is 5.32 Å². The van der Waals surface area contributed by atoms with Gasteiger partial charge in [0, 0.05) is 6.42 Å². The summed E-state index contributed by atoms with van der Waals surface area (Å²) in [7, 11) is 3.01. The predicted molar refractivity (Wildman–Crippen MR) is 63.5 cm³/mol. The molecule has 0 aliphatic heterocycles. The van der Waals surface area contributed by atoms with E-state index in [1.54, 1.807) is 18.2 Å². The van der Waals surface area contributed by atoms with Crippen LogP contribution in [0.5, 0.6) is 11.5 Å². The number of benzene rings is 1. The molecule has 2 N–H and O–H groups in total. The Balaban J connectivity index is 0.00000324. The van der Waals surface area contributed by atoms with Crippen molar-refractivity contribution < 1.29 is 24.2 Å². The van der Waals surface area contributed by atoms with Gasteiger partial charge in [0.1, 0.15) is 6.04 Å². The molecule has 0 heterocycles. The van der Waals surface area contributed by atoms with Crippen LogP contribution in [0.15, 0.2) is 18.2 Å². The fraction of sp³-hybridized carbons (Fsp3) is 0.333. The van der Waals surface area contributed by atoms with Gasteiger partial charge in [-0.2, -0.15) is 6.41 Å². The first-order valence-electron chi connectivity index (χ1n) is 5.18. The summed E-state index contributed by atoms with van der Waals surface area (Å²) in [4.78, 5) is 21.1. The zero-order chi connectivity index (χ0) is 13.5. The zero-order valence-electron chi connectivity index (χ0n) is 10.4. The second-order valence-electron chi connectivity index (χ2n) is 3.53. The molecule has 7 heteroatoms. The molecular weight excluding hydrogens is 495 g/mol. The van der Waals surface area contributed by atoms with Crippen LogP contribution >= 0.6 is 0 Å². The second kappa shape index (κ2) is 7.16. The fourth-order valence-corrected chi connectivity index (χ4v) is 1.51. The summed E-state index contributed by atoms with van der Waals surface area (Å²) in [5.41, 5.74) is 0.711. The van der Waals surface area contributed by atoms with E-state index in [4.69, 9.17) is 14.6 Å². The molecule has 0 bridgehead atoms. The Morgan fingerprint density at radius 3 is 2.47 bits per heavy atom. The van der Waals surface area contributed by atoms with Crippen molar-refractivity contribution in [3.8, 4) is 11.5 Å². The fourth-order valence-electron chi connectivity index (χ4n) is 1.51. The van der Waals surface area contributed by atoms with Crippen LogP contribution in [-0.2, 0) is 16.0 Å². The molecule has 6 nitrogen and oxygen atoms in total. The maximum absolute atomic E-state index is 10.9. The van der Waals surface area contributed by atoms with E-state index in [9.17, 15) is 9.59 Å². The molecule has 0 aromatic heterocycles. The van der Waals surface area contributed by atoms with Gasteiger partial charge in [0.25, 0.3) is 0 Å². The molecule has 1 aromatic rings. The van der Waals surface area contributed by atoms with Crippen molar-refractivity contribution in [1.29, 1.82) is 0 Å². The monoisotopic (exact) mass is 509 g/mol. The number of nitrogens with one attached hydrogen (secondary N) is 1. The quantitative estimate of drug-likeness (QED) is 0.410. The van der Waals surface area contributed by atoms with Crippen molar-refractivity contribution in [3.63, 3.8) is 0 Å². The average Bonchev–Trinajstić information content (AvgIpc) is 2.37. The van der Waals surface area contributed by atoms with E-state index in [0.717, 1.165) is 0 Å². The van der Waals surface area contributed by atoms with E-state index >= 15 is 0 Å². The molecule has 0 aliphatic carbocycles. The van der Waals surface area contributed by atoms with Gasteiger partial charge in [-0.3, -0.25) is 4.79 Å². The third-order valence-electron chi connectivity index (χ3n) is 2.42. The van der Waals surface area contributed by atoms with Crippen molar-refractivity contribution in [2.24, 2.45) is 0 Å². The number of ether oxygens (including phenoxy) is 2. The van der Waals surface area contributed by atoms with Crippen molar-refractivity contribution in [3.05, 3.63) is 23.8 Å². The van der Waals surface area contributed by atoms with E-state index < -0.39 is 12.0 Å². The third kappa shape index (κ3) is 3.92. The SMILES string of the molecule is COc1ccc(CC(N[C-]=O)C(=O)O)cc1OC.[Fm]. The summed E-state index contributed by atoms with van der Waals surface area (Å²) in [5, 5.41) is 11.0. The van der Waals surface area contributed by atoms with Crippen LogP contribution in [0.1, 0.15) is 5.56 Å². The Morgan fingerprint density at radius 1 is 1.37 bits per heavy atom. The largest absolute Gasteiger partial charge is 0.520 e. The number of hydrogen-bond acceptors (Lipinski definition) is 4. The van der Waals surface area contributed by atoms with E-state index in [1.807, 2.05) is 0 Å². The minimum atomic E-state index is -1.12. The molecule has 0 spiro atoms. The maximum Gasteiger partial charge on any atom is 0.323 e. The summed E-state index contributed by atoms with van der Waals surface area (Å²) in [6, 6.07) is 4.04. The Morgan fingerprint density at radius 2 is 2.00 bits per heavy atom. The molecule has 1 amide bonds. The van der Waals surface area contributed by atoms with Gasteiger partial charge in [0.15, 0.2) is 11.5 Å². The van der Waals surface area contributed by atoms with Gasteiger partial charge in [-0.1, -0.05) is 6.07 Å². The first kappa shape index (κ1) is 15.8. The molecule has 1 atom stereocenters. The van der Waals surface area contributed by atoms with Gasteiger partial charge in [0.05, 0.1) is 14.2 Å². The molecule has 0 saturated carbocycles. The molecule has 0 saturated heterocycles. The maximum atomic E-state index is 10.9. The smallest absolute Gasteiger partial charge is 0.323 e. The van der Waals surface area contributed by atoms with Gasteiger partial charge >= 0.3 is 5.97 Å². The molecule has 19 heavy (non-hydrogen) atoms. The Hall–Kier alpha value is -3.24. The van der Waals surface area contributed by atoms with Crippen LogP contribution in [0.4, 0.5) is 0 Å². The standard InChI is InChI=1S/C12H14NO5.Fm/c1-17-10-4-3-8(6-11(10)18-2)5-9(12(15)16)13-7-14;/h3-4,6,9H,5H2,1-2H3,(H,13,14)(H,15,16);/q-1;. The van der Waals surface area contributed by atoms with Crippen LogP contribution in [-0.4, -0.2) is 37.7 Å². The number of carboxylic acid groups (broad SMARTS) is 1. The number of amides is 1. The number of carbonyl (C=O) groups excluding carboxylic acids is 1. The first-order valence-corrected chi connectivity index (χ1v) is 5.18. The number of rotatable bonds is 7. The van der Waals surface area contributed by atoms with Gasteiger partial charge < -0.3 is 24.7 Å². The number of carboxylic acids is 1. The summed E-state index contributed by atoms with van der Waals surface area (Å²) in [6.07, 6.45) is 1.53. The summed E-state index contributed by atoms with van der Waals surface area (Å²) in [6.45, 7) is 0. The predicted octanol–water partition coefficient (Wildman–Crippen LogP) is 0.356. The number of methoxy groups -OCH3 is 2. The van der Waals surface area contributed by atoms with Crippen molar-refractivity contribution >= 4 is 12.4 Å². The number of carbonyl (C=O) groups is 1. The first-order chi connectivity index (χ1) is 8.62. The van der Waals surface area contributed by atoms with Gasteiger partial charge in [-0.25, -0.2) is 0 Å². The third-order valence-corrected chi connectivity index (χ3v) is 2.42. The average molecular weight is 509 g/mol. The van der Waals surface area contributed by atoms with E-state index in [-0.39, 0.29) is 6.42 Å². The normalized spacial score (nSPS) is 10.8. The molecule has 1 aromatic carbocycles. The molecule has 0 fully saturated rings. The Bertz CT molecular complexity index is 438. The number of hydrogen-bond donors (Lipinski definition) is 2. The Kier molecular flexibility index (Phi) is 5.94. The van der Waals surface area contributed by atoms with Gasteiger partial charge in [-0.15, -0.1) is 0 Å². The minimum absolute atomic E-state index is 0. The van der Waals surface area contributed by atoms with Crippen LogP contribution in [0.3, 0.4) is 0 Å². The zero-order valence-corrected chi connectivity index (χ0v) is 12.8. The molecule has 1 rings (SSSR count). The van der Waals surface area contributed by atoms with Crippen LogP contribution in [0.2, 0.25) is 0 Å².